The van der Waals surface area contributed by atoms with Crippen molar-refractivity contribution >= 4 is 11.8 Å². The molecule has 0 aliphatic carbocycles. The molecule has 1 aliphatic heterocycles. The van der Waals surface area contributed by atoms with Crippen molar-refractivity contribution in [2.45, 2.75) is 25.7 Å². The van der Waals surface area contributed by atoms with Crippen LogP contribution >= 0.6 is 0 Å². The first-order valence-electron chi connectivity index (χ1n) is 6.65. The first-order valence-corrected chi connectivity index (χ1v) is 6.65. The van der Waals surface area contributed by atoms with Gasteiger partial charge in [0.15, 0.2) is 0 Å². The Kier molecular flexibility index (Phi) is 4.02. The summed E-state index contributed by atoms with van der Waals surface area (Å²) >= 11 is 0. The second-order valence-corrected chi connectivity index (χ2v) is 4.98. The SMILES string of the molecule is C=Cc1c(C(C)=NC)cc(C2CCCNC2)n1C. The highest BCUT2D eigenvalue weighted by Gasteiger charge is 2.21. The van der Waals surface area contributed by atoms with Crippen LogP contribution in [-0.4, -0.2) is 30.4 Å². The molecular weight excluding hydrogens is 222 g/mol. The monoisotopic (exact) mass is 245 g/mol. The van der Waals surface area contributed by atoms with E-state index in [2.05, 4.69) is 41.5 Å². The maximum atomic E-state index is 4.31. The van der Waals surface area contributed by atoms with Gasteiger partial charge in [0, 0.05) is 49.2 Å². The van der Waals surface area contributed by atoms with Gasteiger partial charge in [0.2, 0.25) is 0 Å². The fourth-order valence-corrected chi connectivity index (χ4v) is 2.79. The van der Waals surface area contributed by atoms with E-state index in [1.165, 1.54) is 29.8 Å². The van der Waals surface area contributed by atoms with Gasteiger partial charge >= 0.3 is 0 Å². The molecule has 18 heavy (non-hydrogen) atoms. The molecule has 1 unspecified atom stereocenters. The van der Waals surface area contributed by atoms with Gasteiger partial charge in [-0.25, -0.2) is 0 Å². The zero-order valence-electron chi connectivity index (χ0n) is 11.7. The van der Waals surface area contributed by atoms with Crippen LogP contribution in [0.1, 0.15) is 42.6 Å². The van der Waals surface area contributed by atoms with Gasteiger partial charge in [-0.1, -0.05) is 6.58 Å². The average Bonchev–Trinajstić information content (AvgIpc) is 2.75. The van der Waals surface area contributed by atoms with Crippen molar-refractivity contribution < 1.29 is 0 Å². The van der Waals surface area contributed by atoms with E-state index >= 15 is 0 Å². The summed E-state index contributed by atoms with van der Waals surface area (Å²) in [7, 11) is 3.98. The molecule has 3 nitrogen and oxygen atoms in total. The van der Waals surface area contributed by atoms with E-state index in [9.17, 15) is 0 Å². The summed E-state index contributed by atoms with van der Waals surface area (Å²) in [6.45, 7) is 8.23. The smallest absolute Gasteiger partial charge is 0.0492 e. The van der Waals surface area contributed by atoms with Gasteiger partial charge in [0.1, 0.15) is 0 Å². The Balaban J connectivity index is 2.42. The summed E-state index contributed by atoms with van der Waals surface area (Å²) in [5.74, 6) is 0.612. The van der Waals surface area contributed by atoms with Crippen LogP contribution in [0.3, 0.4) is 0 Å². The van der Waals surface area contributed by atoms with Gasteiger partial charge < -0.3 is 9.88 Å². The van der Waals surface area contributed by atoms with Crippen LogP contribution in [0, 0.1) is 0 Å². The highest BCUT2D eigenvalue weighted by Crippen LogP contribution is 2.28. The fraction of sp³-hybridized carbons (Fsp3) is 0.533. The topological polar surface area (TPSA) is 29.3 Å². The van der Waals surface area contributed by atoms with Crippen molar-refractivity contribution in [1.29, 1.82) is 0 Å². The maximum Gasteiger partial charge on any atom is 0.0492 e. The molecule has 2 rings (SSSR count). The standard InChI is InChI=1S/C15H23N3/c1-5-14-13(11(2)16-3)9-15(18(14)4)12-7-6-8-17-10-12/h5,9,12,17H,1,6-8,10H2,2-4H3. The number of rotatable bonds is 3. The van der Waals surface area contributed by atoms with Crippen LogP contribution in [0.2, 0.25) is 0 Å². The van der Waals surface area contributed by atoms with Gasteiger partial charge in [-0.3, -0.25) is 4.99 Å². The number of hydrogen-bond donors (Lipinski definition) is 1. The normalized spacial score (nSPS) is 21.1. The van der Waals surface area contributed by atoms with Crippen LogP contribution in [0.15, 0.2) is 17.6 Å². The molecule has 2 heterocycles. The predicted octanol–water partition coefficient (Wildman–Crippen LogP) is 2.57. The van der Waals surface area contributed by atoms with E-state index < -0.39 is 0 Å². The third-order valence-corrected chi connectivity index (χ3v) is 3.95. The third kappa shape index (κ3) is 2.27. The summed E-state index contributed by atoms with van der Waals surface area (Å²) in [6.07, 6.45) is 4.46. The third-order valence-electron chi connectivity index (χ3n) is 3.95. The average molecular weight is 245 g/mol. The highest BCUT2D eigenvalue weighted by molar-refractivity contribution is 6.01. The molecule has 1 atom stereocenters. The molecule has 98 valence electrons. The van der Waals surface area contributed by atoms with Crippen LogP contribution in [0.4, 0.5) is 0 Å². The highest BCUT2D eigenvalue weighted by atomic mass is 15.0. The van der Waals surface area contributed by atoms with Crippen molar-refractivity contribution in [3.05, 3.63) is 29.6 Å². The van der Waals surface area contributed by atoms with E-state index in [1.54, 1.807) is 0 Å². The molecule has 1 aromatic heterocycles. The first kappa shape index (κ1) is 13.1. The number of nitrogens with one attached hydrogen (secondary N) is 1. The summed E-state index contributed by atoms with van der Waals surface area (Å²) in [6, 6.07) is 2.29. The quantitative estimate of drug-likeness (QED) is 0.815. The number of aliphatic imine (C=N–C) groups is 1. The van der Waals surface area contributed by atoms with Crippen LogP contribution in [0.5, 0.6) is 0 Å². The zero-order valence-corrected chi connectivity index (χ0v) is 11.7. The van der Waals surface area contributed by atoms with Crippen LogP contribution in [-0.2, 0) is 7.05 Å². The van der Waals surface area contributed by atoms with Gasteiger partial charge in [0.05, 0.1) is 0 Å². The van der Waals surface area contributed by atoms with Gasteiger partial charge in [-0.05, 0) is 38.5 Å². The lowest BCUT2D eigenvalue weighted by molar-refractivity contribution is 0.447. The van der Waals surface area contributed by atoms with Gasteiger partial charge in [-0.2, -0.15) is 0 Å². The maximum absolute atomic E-state index is 4.31. The molecule has 0 bridgehead atoms. The first-order chi connectivity index (χ1) is 8.69. The predicted molar refractivity (Wildman–Crippen MR) is 78.5 cm³/mol. The van der Waals surface area contributed by atoms with Crippen LogP contribution < -0.4 is 5.32 Å². The number of nitrogens with zero attached hydrogens (tertiary/aromatic N) is 2. The summed E-state index contributed by atoms with van der Waals surface area (Å²) in [5, 5.41) is 3.48. The minimum absolute atomic E-state index is 0.612. The molecule has 1 aromatic rings. The molecular formula is C15H23N3. The zero-order chi connectivity index (χ0) is 13.1. The van der Waals surface area contributed by atoms with Crippen molar-refractivity contribution in [2.24, 2.45) is 12.0 Å². The largest absolute Gasteiger partial charge is 0.347 e. The molecule has 0 saturated carbocycles. The summed E-state index contributed by atoms with van der Waals surface area (Å²) < 4.78 is 2.27. The minimum atomic E-state index is 0.612. The molecule has 0 spiro atoms. The van der Waals surface area contributed by atoms with E-state index in [0.717, 1.165) is 18.8 Å². The molecule has 3 heteroatoms. The fourth-order valence-electron chi connectivity index (χ4n) is 2.79. The van der Waals surface area contributed by atoms with E-state index in [1.807, 2.05) is 13.1 Å². The van der Waals surface area contributed by atoms with Crippen molar-refractivity contribution in [1.82, 2.24) is 9.88 Å². The lowest BCUT2D eigenvalue weighted by Gasteiger charge is -2.23. The molecule has 1 fully saturated rings. The van der Waals surface area contributed by atoms with Gasteiger partial charge in [-0.15, -0.1) is 0 Å². The summed E-state index contributed by atoms with van der Waals surface area (Å²) in [4.78, 5) is 4.31. The van der Waals surface area contributed by atoms with Crippen molar-refractivity contribution in [2.75, 3.05) is 20.1 Å². The second-order valence-electron chi connectivity index (χ2n) is 4.98. The molecule has 0 aromatic carbocycles. The lowest BCUT2D eigenvalue weighted by Crippen LogP contribution is -2.29. The Bertz CT molecular complexity index is 462. The molecule has 0 amide bonds. The Morgan fingerprint density at radius 1 is 1.61 bits per heavy atom. The van der Waals surface area contributed by atoms with E-state index in [-0.39, 0.29) is 0 Å². The van der Waals surface area contributed by atoms with Crippen molar-refractivity contribution in [3.63, 3.8) is 0 Å². The van der Waals surface area contributed by atoms with E-state index in [4.69, 9.17) is 0 Å². The van der Waals surface area contributed by atoms with Crippen LogP contribution in [0.25, 0.3) is 6.08 Å². The second kappa shape index (κ2) is 5.53. The molecule has 0 radical (unpaired) electrons. The number of aromatic nitrogens is 1. The van der Waals surface area contributed by atoms with Gasteiger partial charge in [0.25, 0.3) is 0 Å². The van der Waals surface area contributed by atoms with E-state index in [0.29, 0.717) is 5.92 Å². The minimum Gasteiger partial charge on any atom is -0.347 e. The Labute approximate surface area is 110 Å². The number of hydrogen-bond acceptors (Lipinski definition) is 2. The number of piperidine rings is 1. The summed E-state index contributed by atoms with van der Waals surface area (Å²) in [5.41, 5.74) is 4.87. The molecule has 1 N–H and O–H groups in total. The van der Waals surface area contributed by atoms with Crippen molar-refractivity contribution in [3.8, 4) is 0 Å². The lowest BCUT2D eigenvalue weighted by atomic mass is 9.95. The molecule has 1 saturated heterocycles. The Morgan fingerprint density at radius 2 is 2.39 bits per heavy atom. The Hall–Kier alpha value is -1.35. The Morgan fingerprint density at radius 3 is 2.94 bits per heavy atom. The molecule has 1 aliphatic rings.